The van der Waals surface area contributed by atoms with E-state index in [1.807, 2.05) is 0 Å². The Hall–Kier alpha value is -4.74. The van der Waals surface area contributed by atoms with Crippen LogP contribution in [-0.2, 0) is 4.74 Å². The number of anilines is 3. The molecule has 2 N–H and O–H groups in total. The van der Waals surface area contributed by atoms with E-state index in [0.29, 0.717) is 5.82 Å². The summed E-state index contributed by atoms with van der Waals surface area (Å²) in [6, 6.07) is 10.2. The van der Waals surface area contributed by atoms with E-state index in [9.17, 15) is 14.4 Å². The molecule has 0 radical (unpaired) electrons. The Kier molecular flexibility index (Phi) is 6.77. The smallest absolute Gasteiger partial charge is 0.414 e. The molecule has 1 aliphatic rings. The van der Waals surface area contributed by atoms with Gasteiger partial charge in [-0.25, -0.2) is 14.8 Å². The van der Waals surface area contributed by atoms with Crippen LogP contribution in [0.5, 0.6) is 0 Å². The van der Waals surface area contributed by atoms with Gasteiger partial charge < -0.3 is 19.9 Å². The molecule has 0 aliphatic heterocycles. The van der Waals surface area contributed by atoms with E-state index in [-0.39, 0.29) is 45.6 Å². The molecule has 12 heteroatoms. The van der Waals surface area contributed by atoms with Crippen molar-refractivity contribution in [3.8, 4) is 5.82 Å². The first-order valence-corrected chi connectivity index (χ1v) is 12.6. The van der Waals surface area contributed by atoms with E-state index < -0.39 is 17.6 Å². The van der Waals surface area contributed by atoms with E-state index in [1.54, 1.807) is 69.6 Å². The maximum atomic E-state index is 13.3. The number of aromatic nitrogens is 4. The molecule has 0 unspecified atom stereocenters. The van der Waals surface area contributed by atoms with Crippen LogP contribution in [0.15, 0.2) is 58.1 Å². The van der Waals surface area contributed by atoms with Gasteiger partial charge in [0.15, 0.2) is 5.52 Å². The fourth-order valence-corrected chi connectivity index (χ4v) is 4.01. The number of fused-ring (bicyclic) bond motifs is 1. The van der Waals surface area contributed by atoms with Crippen LogP contribution in [0.25, 0.3) is 16.9 Å². The lowest BCUT2D eigenvalue weighted by Crippen LogP contribution is -2.39. The van der Waals surface area contributed by atoms with Gasteiger partial charge in [0.1, 0.15) is 28.4 Å². The monoisotopic (exact) mass is 531 g/mol. The lowest BCUT2D eigenvalue weighted by Gasteiger charge is -2.25. The Morgan fingerprint density at radius 2 is 1.95 bits per heavy atom. The van der Waals surface area contributed by atoms with Crippen LogP contribution in [0.3, 0.4) is 0 Å². The Labute approximate surface area is 224 Å². The Bertz CT molecular complexity index is 1590. The van der Waals surface area contributed by atoms with Crippen molar-refractivity contribution in [2.24, 2.45) is 0 Å². The van der Waals surface area contributed by atoms with Crippen LogP contribution in [0.2, 0.25) is 0 Å². The van der Waals surface area contributed by atoms with E-state index >= 15 is 0 Å². The fourth-order valence-electron chi connectivity index (χ4n) is 4.01. The molecule has 1 fully saturated rings. The highest BCUT2D eigenvalue weighted by Gasteiger charge is 2.29. The number of nitrogens with one attached hydrogen (secondary N) is 2. The van der Waals surface area contributed by atoms with Crippen molar-refractivity contribution in [3.63, 3.8) is 0 Å². The topological polar surface area (TPSA) is 144 Å². The summed E-state index contributed by atoms with van der Waals surface area (Å²) >= 11 is 0. The van der Waals surface area contributed by atoms with Crippen LogP contribution in [-0.4, -0.2) is 50.4 Å². The first-order chi connectivity index (χ1) is 18.6. The largest absolute Gasteiger partial charge is 0.443 e. The lowest BCUT2D eigenvalue weighted by atomic mass is 9.93. The molecule has 2 amide bonds. The molecule has 202 valence electrons. The second-order valence-electron chi connectivity index (χ2n) is 10.3. The van der Waals surface area contributed by atoms with Gasteiger partial charge in [-0.05, 0) is 64.3 Å². The molecule has 0 aromatic carbocycles. The molecule has 1 aliphatic carbocycles. The van der Waals surface area contributed by atoms with Gasteiger partial charge >= 0.3 is 6.09 Å². The molecule has 0 spiro atoms. The van der Waals surface area contributed by atoms with Crippen molar-refractivity contribution in [2.75, 3.05) is 17.3 Å². The Balaban J connectivity index is 1.57. The van der Waals surface area contributed by atoms with Crippen LogP contribution < -0.4 is 21.1 Å². The third-order valence-electron chi connectivity index (χ3n) is 6.20. The molecule has 39 heavy (non-hydrogen) atoms. The summed E-state index contributed by atoms with van der Waals surface area (Å²) in [6.07, 6.45) is 5.39. The van der Waals surface area contributed by atoms with Crippen LogP contribution in [0.4, 0.5) is 22.0 Å². The van der Waals surface area contributed by atoms with Crippen molar-refractivity contribution in [1.82, 2.24) is 25.0 Å². The zero-order chi connectivity index (χ0) is 27.7. The number of carbonyl (C=O) groups is 2. The number of ether oxygens (including phenoxy) is 1. The van der Waals surface area contributed by atoms with Crippen LogP contribution in [0, 0.1) is 0 Å². The SMILES string of the molecule is CN(C(=O)OC(C)(C)C)c1cc(Nc2cccn(-c3ccccn3)c2=O)nc2c(C(=O)NC3CCC3)onc12. The molecular weight excluding hydrogens is 502 g/mol. The predicted octanol–water partition coefficient (Wildman–Crippen LogP) is 4.17. The first-order valence-electron chi connectivity index (χ1n) is 12.6. The Morgan fingerprint density at radius 3 is 2.62 bits per heavy atom. The zero-order valence-electron chi connectivity index (χ0n) is 22.1. The third kappa shape index (κ3) is 5.44. The fraction of sp³-hybridized carbons (Fsp3) is 0.333. The summed E-state index contributed by atoms with van der Waals surface area (Å²) in [5.41, 5.74) is -0.276. The zero-order valence-corrected chi connectivity index (χ0v) is 22.1. The average molecular weight is 532 g/mol. The second kappa shape index (κ2) is 10.2. The minimum atomic E-state index is -0.739. The van der Waals surface area contributed by atoms with E-state index in [4.69, 9.17) is 9.26 Å². The number of hydrogen-bond acceptors (Lipinski definition) is 9. The summed E-state index contributed by atoms with van der Waals surface area (Å²) in [5, 5.41) is 10.0. The average Bonchev–Trinajstić information content (AvgIpc) is 3.30. The minimum Gasteiger partial charge on any atom is -0.443 e. The first kappa shape index (κ1) is 25.9. The second-order valence-corrected chi connectivity index (χ2v) is 10.3. The molecule has 4 heterocycles. The summed E-state index contributed by atoms with van der Waals surface area (Å²) in [6.45, 7) is 5.28. The minimum absolute atomic E-state index is 0.0669. The van der Waals surface area contributed by atoms with Crippen LogP contribution in [0.1, 0.15) is 50.6 Å². The maximum Gasteiger partial charge on any atom is 0.414 e. The van der Waals surface area contributed by atoms with Gasteiger partial charge in [-0.2, -0.15) is 0 Å². The highest BCUT2D eigenvalue weighted by atomic mass is 16.6. The summed E-state index contributed by atoms with van der Waals surface area (Å²) < 4.78 is 12.3. The number of hydrogen-bond donors (Lipinski definition) is 2. The predicted molar refractivity (Wildman–Crippen MR) is 145 cm³/mol. The van der Waals surface area contributed by atoms with Crippen LogP contribution >= 0.6 is 0 Å². The molecule has 0 bridgehead atoms. The molecule has 0 atom stereocenters. The van der Waals surface area contributed by atoms with E-state index in [0.717, 1.165) is 19.3 Å². The Morgan fingerprint density at radius 1 is 1.15 bits per heavy atom. The van der Waals surface area contributed by atoms with Gasteiger partial charge in [-0.15, -0.1) is 0 Å². The van der Waals surface area contributed by atoms with Crippen molar-refractivity contribution in [3.05, 3.63) is 64.9 Å². The number of amides is 2. The molecule has 4 aromatic heterocycles. The standard InChI is InChI=1S/C27H29N7O5/c1-27(2,3)38-26(37)33(4)18-15-19(30-17-11-8-14-34(25(17)36)20-12-5-6-13-28-20)31-22-21(18)32-39-23(22)24(35)29-16-9-7-10-16/h5-6,8,11-16H,7,9-10H2,1-4H3,(H,29,35)(H,30,31). The third-order valence-corrected chi connectivity index (χ3v) is 6.20. The van der Waals surface area contributed by atoms with Crippen molar-refractivity contribution in [1.29, 1.82) is 0 Å². The molecule has 5 rings (SSSR count). The van der Waals surface area contributed by atoms with E-state index in [2.05, 4.69) is 25.8 Å². The van der Waals surface area contributed by atoms with E-state index in [1.165, 1.54) is 16.5 Å². The number of pyridine rings is 3. The van der Waals surface area contributed by atoms with Crippen molar-refractivity contribution in [2.45, 2.75) is 51.7 Å². The number of rotatable bonds is 6. The van der Waals surface area contributed by atoms with Gasteiger partial charge in [0.2, 0.25) is 5.76 Å². The number of nitrogens with zero attached hydrogens (tertiary/aromatic N) is 5. The summed E-state index contributed by atoms with van der Waals surface area (Å²) in [4.78, 5) is 49.2. The summed E-state index contributed by atoms with van der Waals surface area (Å²) in [5.74, 6) is 0.117. The molecule has 12 nitrogen and oxygen atoms in total. The van der Waals surface area contributed by atoms with Gasteiger partial charge in [0, 0.05) is 31.5 Å². The normalized spacial score (nSPS) is 13.5. The van der Waals surface area contributed by atoms with Crippen molar-refractivity contribution < 1.29 is 18.8 Å². The number of carbonyl (C=O) groups excluding carboxylic acids is 2. The molecular formula is C27H29N7O5. The molecule has 0 saturated heterocycles. The maximum absolute atomic E-state index is 13.3. The highest BCUT2D eigenvalue weighted by Crippen LogP contribution is 2.31. The quantitative estimate of drug-likeness (QED) is 0.374. The van der Waals surface area contributed by atoms with Gasteiger partial charge in [-0.3, -0.25) is 19.1 Å². The summed E-state index contributed by atoms with van der Waals surface area (Å²) in [7, 11) is 1.52. The highest BCUT2D eigenvalue weighted by molar-refractivity contribution is 6.07. The van der Waals surface area contributed by atoms with Gasteiger partial charge in [0.05, 0.1) is 5.69 Å². The molecule has 1 saturated carbocycles. The lowest BCUT2D eigenvalue weighted by molar-refractivity contribution is 0.0589. The molecule has 4 aromatic rings. The van der Waals surface area contributed by atoms with Gasteiger partial charge in [-0.1, -0.05) is 11.2 Å². The van der Waals surface area contributed by atoms with Crippen molar-refractivity contribution >= 4 is 40.2 Å². The van der Waals surface area contributed by atoms with Gasteiger partial charge in [0.25, 0.3) is 11.5 Å².